The van der Waals surface area contributed by atoms with Gasteiger partial charge in [-0.25, -0.2) is 4.98 Å². The topological polar surface area (TPSA) is 58.4 Å². The van der Waals surface area contributed by atoms with Gasteiger partial charge in [-0.3, -0.25) is 9.36 Å². The number of nitrogens with zero attached hydrogens (tertiary/aromatic N) is 3. The number of aromatic nitrogens is 2. The van der Waals surface area contributed by atoms with Crippen molar-refractivity contribution >= 4 is 5.91 Å². The van der Waals surface area contributed by atoms with Gasteiger partial charge in [-0.2, -0.15) is 0 Å². The summed E-state index contributed by atoms with van der Waals surface area (Å²) >= 11 is 0. The molecule has 0 saturated heterocycles. The molecular formula is C15H19N3O2. The molecule has 0 fully saturated rings. The third-order valence-corrected chi connectivity index (χ3v) is 3.04. The third-order valence-electron chi connectivity index (χ3n) is 3.04. The van der Waals surface area contributed by atoms with Crippen molar-refractivity contribution in [3.8, 4) is 5.69 Å². The van der Waals surface area contributed by atoms with Crippen LogP contribution in [0.3, 0.4) is 0 Å². The predicted molar refractivity (Wildman–Crippen MR) is 76.8 cm³/mol. The zero-order valence-electron chi connectivity index (χ0n) is 11.6. The summed E-state index contributed by atoms with van der Waals surface area (Å²) in [7, 11) is 0. The van der Waals surface area contributed by atoms with Crippen molar-refractivity contribution in [3.05, 3.63) is 48.5 Å². The Bertz CT molecular complexity index is 545. The van der Waals surface area contributed by atoms with Crippen molar-refractivity contribution in [2.75, 3.05) is 19.7 Å². The zero-order chi connectivity index (χ0) is 14.4. The summed E-state index contributed by atoms with van der Waals surface area (Å²) in [6.45, 7) is 2.93. The Morgan fingerprint density at radius 1 is 1.30 bits per heavy atom. The zero-order valence-corrected chi connectivity index (χ0v) is 11.6. The number of carbonyl (C=O) groups excluding carboxylic acids is 1. The molecule has 1 heterocycles. The first-order chi connectivity index (χ1) is 9.77. The number of carbonyl (C=O) groups is 1. The normalized spacial score (nSPS) is 10.5. The molecule has 0 atom stereocenters. The number of para-hydroxylation sites is 1. The number of amides is 1. The minimum Gasteiger partial charge on any atom is -0.395 e. The van der Waals surface area contributed by atoms with Crippen LogP contribution in [0.2, 0.25) is 0 Å². The molecule has 1 aromatic carbocycles. The van der Waals surface area contributed by atoms with Crippen LogP contribution in [0.1, 0.15) is 23.8 Å². The van der Waals surface area contributed by atoms with Gasteiger partial charge in [0.1, 0.15) is 5.69 Å². The van der Waals surface area contributed by atoms with Gasteiger partial charge in [0.25, 0.3) is 5.91 Å². The average molecular weight is 273 g/mol. The molecule has 5 heteroatoms. The number of rotatable bonds is 6. The first-order valence-corrected chi connectivity index (χ1v) is 6.75. The predicted octanol–water partition coefficient (Wildman–Crippen LogP) is 1.72. The van der Waals surface area contributed by atoms with Crippen LogP contribution in [0.25, 0.3) is 5.69 Å². The van der Waals surface area contributed by atoms with Crippen molar-refractivity contribution in [1.82, 2.24) is 14.5 Å². The van der Waals surface area contributed by atoms with Gasteiger partial charge in [-0.05, 0) is 18.6 Å². The van der Waals surface area contributed by atoms with Crippen molar-refractivity contribution in [1.29, 1.82) is 0 Å². The molecule has 2 aromatic rings. The van der Waals surface area contributed by atoms with Crippen LogP contribution in [0.4, 0.5) is 0 Å². The van der Waals surface area contributed by atoms with Crippen LogP contribution in [0, 0.1) is 0 Å². The van der Waals surface area contributed by atoms with Gasteiger partial charge in [-0.1, -0.05) is 25.1 Å². The number of aliphatic hydroxyl groups is 1. The van der Waals surface area contributed by atoms with E-state index in [9.17, 15) is 4.79 Å². The summed E-state index contributed by atoms with van der Waals surface area (Å²) in [6.07, 6.45) is 4.05. The first-order valence-electron chi connectivity index (χ1n) is 6.75. The van der Waals surface area contributed by atoms with E-state index in [0.29, 0.717) is 18.8 Å². The molecule has 0 aliphatic carbocycles. The highest BCUT2D eigenvalue weighted by molar-refractivity contribution is 5.93. The fourth-order valence-corrected chi connectivity index (χ4v) is 2.12. The molecule has 0 aliphatic rings. The Hall–Kier alpha value is -2.14. The largest absolute Gasteiger partial charge is 0.395 e. The second kappa shape index (κ2) is 6.86. The second-order valence-electron chi connectivity index (χ2n) is 4.50. The van der Waals surface area contributed by atoms with Gasteiger partial charge < -0.3 is 10.0 Å². The summed E-state index contributed by atoms with van der Waals surface area (Å²) in [6, 6.07) is 9.61. The van der Waals surface area contributed by atoms with Gasteiger partial charge in [0.2, 0.25) is 0 Å². The van der Waals surface area contributed by atoms with E-state index in [2.05, 4.69) is 4.98 Å². The Morgan fingerprint density at radius 3 is 2.70 bits per heavy atom. The highest BCUT2D eigenvalue weighted by atomic mass is 16.3. The number of hydrogen-bond acceptors (Lipinski definition) is 3. The lowest BCUT2D eigenvalue weighted by atomic mass is 10.3. The lowest BCUT2D eigenvalue weighted by molar-refractivity contribution is 0.0714. The summed E-state index contributed by atoms with van der Waals surface area (Å²) in [4.78, 5) is 18.3. The number of benzene rings is 1. The molecule has 1 N–H and O–H groups in total. The maximum Gasteiger partial charge on any atom is 0.272 e. The van der Waals surface area contributed by atoms with Crippen LogP contribution < -0.4 is 0 Å². The molecule has 0 bridgehead atoms. The van der Waals surface area contributed by atoms with E-state index in [1.807, 2.05) is 37.3 Å². The summed E-state index contributed by atoms with van der Waals surface area (Å²) in [5.74, 6) is -0.109. The molecule has 20 heavy (non-hydrogen) atoms. The third kappa shape index (κ3) is 3.05. The van der Waals surface area contributed by atoms with E-state index < -0.39 is 0 Å². The number of hydrogen-bond donors (Lipinski definition) is 1. The monoisotopic (exact) mass is 273 g/mol. The van der Waals surface area contributed by atoms with Crippen molar-refractivity contribution in [2.24, 2.45) is 0 Å². The standard InChI is InChI=1S/C15H19N3O2/c1-2-8-17(9-10-19)15(20)14-11-16-12-18(14)13-6-4-3-5-7-13/h3-7,11-12,19H,2,8-10H2,1H3. The maximum atomic E-state index is 12.5. The van der Waals surface area contributed by atoms with E-state index in [4.69, 9.17) is 5.11 Å². The van der Waals surface area contributed by atoms with E-state index in [1.54, 1.807) is 22.0 Å². The lowest BCUT2D eigenvalue weighted by Gasteiger charge is -2.21. The molecule has 2 rings (SSSR count). The van der Waals surface area contributed by atoms with Crippen LogP contribution in [0.5, 0.6) is 0 Å². The Kier molecular flexibility index (Phi) is 4.90. The maximum absolute atomic E-state index is 12.5. The van der Waals surface area contributed by atoms with E-state index in [-0.39, 0.29) is 12.5 Å². The van der Waals surface area contributed by atoms with E-state index >= 15 is 0 Å². The fourth-order valence-electron chi connectivity index (χ4n) is 2.12. The molecule has 0 unspecified atom stereocenters. The fraction of sp³-hybridized carbons (Fsp3) is 0.333. The Morgan fingerprint density at radius 2 is 2.05 bits per heavy atom. The highest BCUT2D eigenvalue weighted by Crippen LogP contribution is 2.13. The van der Waals surface area contributed by atoms with Crippen molar-refractivity contribution in [2.45, 2.75) is 13.3 Å². The minimum absolute atomic E-state index is 0.0365. The molecule has 0 radical (unpaired) electrons. The SMILES string of the molecule is CCCN(CCO)C(=O)c1cncn1-c1ccccc1. The van der Waals surface area contributed by atoms with Crippen molar-refractivity contribution in [3.63, 3.8) is 0 Å². The smallest absolute Gasteiger partial charge is 0.272 e. The van der Waals surface area contributed by atoms with Crippen LogP contribution in [0.15, 0.2) is 42.9 Å². The van der Waals surface area contributed by atoms with Gasteiger partial charge >= 0.3 is 0 Å². The molecule has 1 amide bonds. The van der Waals surface area contributed by atoms with Gasteiger partial charge in [0.15, 0.2) is 0 Å². The second-order valence-corrected chi connectivity index (χ2v) is 4.50. The minimum atomic E-state index is -0.109. The van der Waals surface area contributed by atoms with E-state index in [0.717, 1.165) is 12.1 Å². The first kappa shape index (κ1) is 14.3. The highest BCUT2D eigenvalue weighted by Gasteiger charge is 2.19. The van der Waals surface area contributed by atoms with E-state index in [1.165, 1.54) is 0 Å². The Labute approximate surface area is 118 Å². The lowest BCUT2D eigenvalue weighted by Crippen LogP contribution is -2.35. The molecule has 106 valence electrons. The molecule has 0 aliphatic heterocycles. The van der Waals surface area contributed by atoms with Crippen LogP contribution in [-0.2, 0) is 0 Å². The van der Waals surface area contributed by atoms with Crippen LogP contribution in [-0.4, -0.2) is 45.2 Å². The van der Waals surface area contributed by atoms with Gasteiger partial charge in [0.05, 0.1) is 19.1 Å². The van der Waals surface area contributed by atoms with Crippen LogP contribution >= 0.6 is 0 Å². The molecule has 1 aromatic heterocycles. The molecule has 5 nitrogen and oxygen atoms in total. The van der Waals surface area contributed by atoms with Crippen molar-refractivity contribution < 1.29 is 9.90 Å². The molecule has 0 spiro atoms. The van der Waals surface area contributed by atoms with Gasteiger partial charge in [0, 0.05) is 18.8 Å². The number of aliphatic hydroxyl groups excluding tert-OH is 1. The number of imidazole rings is 1. The molecule has 0 saturated carbocycles. The Balaban J connectivity index is 2.29. The quantitative estimate of drug-likeness (QED) is 0.871. The molecular weight excluding hydrogens is 254 g/mol. The summed E-state index contributed by atoms with van der Waals surface area (Å²) in [5.41, 5.74) is 1.41. The summed E-state index contributed by atoms with van der Waals surface area (Å²) < 4.78 is 1.77. The average Bonchev–Trinajstić information content (AvgIpc) is 2.96. The summed E-state index contributed by atoms with van der Waals surface area (Å²) in [5, 5.41) is 9.08. The van der Waals surface area contributed by atoms with Gasteiger partial charge in [-0.15, -0.1) is 0 Å².